The highest BCUT2D eigenvalue weighted by atomic mass is 35.5. The van der Waals surface area contributed by atoms with Crippen molar-refractivity contribution in [3.63, 3.8) is 0 Å². The van der Waals surface area contributed by atoms with Gasteiger partial charge >= 0.3 is 5.97 Å². The molecule has 1 fully saturated rings. The summed E-state index contributed by atoms with van der Waals surface area (Å²) in [5, 5.41) is 3.36. The third-order valence-corrected chi connectivity index (χ3v) is 3.60. The van der Waals surface area contributed by atoms with Crippen molar-refractivity contribution in [3.8, 4) is 0 Å². The van der Waals surface area contributed by atoms with Crippen LogP contribution in [-0.4, -0.2) is 24.5 Å². The van der Waals surface area contributed by atoms with Crippen LogP contribution in [0.15, 0.2) is 24.3 Å². The highest BCUT2D eigenvalue weighted by Gasteiger charge is 2.17. The molecule has 4 nitrogen and oxygen atoms in total. The lowest BCUT2D eigenvalue weighted by Crippen LogP contribution is -2.38. The second kappa shape index (κ2) is 7.29. The number of benzene rings is 1. The Morgan fingerprint density at radius 1 is 1.25 bits per heavy atom. The molecular weight excluding hydrogens is 278 g/mol. The van der Waals surface area contributed by atoms with Crippen LogP contribution in [0.4, 0.5) is 0 Å². The van der Waals surface area contributed by atoms with E-state index < -0.39 is 5.97 Å². The van der Waals surface area contributed by atoms with Crippen molar-refractivity contribution in [2.45, 2.75) is 38.1 Å². The number of carbonyl (C=O) groups is 2. The fourth-order valence-electron chi connectivity index (χ4n) is 2.35. The predicted molar refractivity (Wildman–Crippen MR) is 76.8 cm³/mol. The van der Waals surface area contributed by atoms with Crippen LogP contribution in [0.25, 0.3) is 0 Å². The van der Waals surface area contributed by atoms with Gasteiger partial charge in [-0.15, -0.1) is 0 Å². The number of rotatable bonds is 4. The van der Waals surface area contributed by atoms with Gasteiger partial charge in [-0.25, -0.2) is 4.79 Å². The summed E-state index contributed by atoms with van der Waals surface area (Å²) in [6.45, 7) is -0.248. The van der Waals surface area contributed by atoms with Gasteiger partial charge in [-0.1, -0.05) is 36.9 Å². The fraction of sp³-hybridized carbons (Fsp3) is 0.467. The molecule has 1 N–H and O–H groups in total. The van der Waals surface area contributed by atoms with E-state index in [1.54, 1.807) is 18.2 Å². The summed E-state index contributed by atoms with van der Waals surface area (Å²) >= 11 is 5.79. The number of hydrogen-bond donors (Lipinski definition) is 1. The minimum atomic E-state index is -0.536. The SMILES string of the molecule is O=C(COC(=O)c1cccc(Cl)c1)NC1CCCCC1. The molecule has 1 aromatic rings. The number of hydrogen-bond acceptors (Lipinski definition) is 3. The van der Waals surface area contributed by atoms with E-state index in [9.17, 15) is 9.59 Å². The first-order valence-electron chi connectivity index (χ1n) is 6.87. The zero-order chi connectivity index (χ0) is 14.4. The Morgan fingerprint density at radius 3 is 2.70 bits per heavy atom. The van der Waals surface area contributed by atoms with Gasteiger partial charge in [0.25, 0.3) is 5.91 Å². The summed E-state index contributed by atoms with van der Waals surface area (Å²) in [5.41, 5.74) is 0.350. The Labute approximate surface area is 123 Å². The molecule has 1 aromatic carbocycles. The molecule has 0 atom stereocenters. The van der Waals surface area contributed by atoms with Crippen molar-refractivity contribution in [2.75, 3.05) is 6.61 Å². The molecule has 0 spiro atoms. The standard InChI is InChI=1S/C15H18ClNO3/c16-12-6-4-5-11(9-12)15(19)20-10-14(18)17-13-7-2-1-3-8-13/h4-6,9,13H,1-3,7-8,10H2,(H,17,18). The second-order valence-electron chi connectivity index (χ2n) is 4.99. The normalized spacial score (nSPS) is 15.7. The topological polar surface area (TPSA) is 55.4 Å². The first-order chi connectivity index (χ1) is 9.65. The zero-order valence-corrected chi connectivity index (χ0v) is 12.0. The summed E-state index contributed by atoms with van der Waals surface area (Å²) in [6.07, 6.45) is 5.54. The quantitative estimate of drug-likeness (QED) is 0.869. The first-order valence-corrected chi connectivity index (χ1v) is 7.25. The van der Waals surface area contributed by atoms with Crippen molar-refractivity contribution in [3.05, 3.63) is 34.9 Å². The van der Waals surface area contributed by atoms with Crippen LogP contribution in [0.5, 0.6) is 0 Å². The summed E-state index contributed by atoms with van der Waals surface area (Å²) < 4.78 is 4.98. The molecule has 0 aliphatic heterocycles. The van der Waals surface area contributed by atoms with E-state index in [0.29, 0.717) is 10.6 Å². The predicted octanol–water partition coefficient (Wildman–Crippen LogP) is 2.95. The Kier molecular flexibility index (Phi) is 5.41. The Bertz CT molecular complexity index is 484. The molecular formula is C15H18ClNO3. The molecule has 0 saturated heterocycles. The second-order valence-corrected chi connectivity index (χ2v) is 5.43. The first kappa shape index (κ1) is 14.9. The van der Waals surface area contributed by atoms with Gasteiger partial charge in [-0.2, -0.15) is 0 Å². The van der Waals surface area contributed by atoms with Crippen molar-refractivity contribution >= 4 is 23.5 Å². The lowest BCUT2D eigenvalue weighted by atomic mass is 9.95. The van der Waals surface area contributed by atoms with Gasteiger partial charge < -0.3 is 10.1 Å². The average Bonchev–Trinajstić information content (AvgIpc) is 2.46. The molecule has 5 heteroatoms. The van der Waals surface area contributed by atoms with Crippen LogP contribution in [-0.2, 0) is 9.53 Å². The van der Waals surface area contributed by atoms with Crippen LogP contribution in [0.2, 0.25) is 5.02 Å². The van der Waals surface area contributed by atoms with Gasteiger partial charge in [0.05, 0.1) is 5.56 Å². The van der Waals surface area contributed by atoms with Crippen LogP contribution < -0.4 is 5.32 Å². The molecule has 1 saturated carbocycles. The molecule has 1 aliphatic rings. The molecule has 0 radical (unpaired) electrons. The lowest BCUT2D eigenvalue weighted by molar-refractivity contribution is -0.125. The van der Waals surface area contributed by atoms with E-state index in [4.69, 9.17) is 16.3 Å². The molecule has 0 aromatic heterocycles. The highest BCUT2D eigenvalue weighted by molar-refractivity contribution is 6.30. The lowest BCUT2D eigenvalue weighted by Gasteiger charge is -2.22. The molecule has 1 aliphatic carbocycles. The Hall–Kier alpha value is -1.55. The van der Waals surface area contributed by atoms with Crippen molar-refractivity contribution in [1.82, 2.24) is 5.32 Å². The molecule has 1 amide bonds. The maximum absolute atomic E-state index is 11.7. The molecule has 0 bridgehead atoms. The van der Waals surface area contributed by atoms with Crippen molar-refractivity contribution in [2.24, 2.45) is 0 Å². The third-order valence-electron chi connectivity index (χ3n) is 3.36. The van der Waals surface area contributed by atoms with E-state index >= 15 is 0 Å². The number of nitrogens with one attached hydrogen (secondary N) is 1. The van der Waals surface area contributed by atoms with E-state index in [1.165, 1.54) is 12.5 Å². The average molecular weight is 296 g/mol. The van der Waals surface area contributed by atoms with E-state index in [1.807, 2.05) is 0 Å². The van der Waals surface area contributed by atoms with Gasteiger partial charge in [0.15, 0.2) is 6.61 Å². The summed E-state index contributed by atoms with van der Waals surface area (Å²) in [6, 6.07) is 6.69. The minimum absolute atomic E-state index is 0.223. The number of amides is 1. The highest BCUT2D eigenvalue weighted by Crippen LogP contribution is 2.17. The molecule has 20 heavy (non-hydrogen) atoms. The smallest absolute Gasteiger partial charge is 0.338 e. The van der Waals surface area contributed by atoms with Gasteiger partial charge in [-0.05, 0) is 31.0 Å². The number of esters is 1. The van der Waals surface area contributed by atoms with Crippen molar-refractivity contribution < 1.29 is 14.3 Å². The van der Waals surface area contributed by atoms with Crippen LogP contribution >= 0.6 is 11.6 Å². The zero-order valence-electron chi connectivity index (χ0n) is 11.2. The van der Waals surface area contributed by atoms with Gasteiger partial charge in [0.2, 0.25) is 0 Å². The molecule has 108 valence electrons. The third kappa shape index (κ3) is 4.53. The van der Waals surface area contributed by atoms with Crippen LogP contribution in [0.3, 0.4) is 0 Å². The molecule has 0 heterocycles. The number of halogens is 1. The molecule has 2 rings (SSSR count). The van der Waals surface area contributed by atoms with Crippen molar-refractivity contribution in [1.29, 1.82) is 0 Å². The summed E-state index contributed by atoms with van der Waals surface area (Å²) in [4.78, 5) is 23.4. The van der Waals surface area contributed by atoms with Crippen LogP contribution in [0, 0.1) is 0 Å². The summed E-state index contributed by atoms with van der Waals surface area (Å²) in [5.74, 6) is -0.779. The minimum Gasteiger partial charge on any atom is -0.452 e. The summed E-state index contributed by atoms with van der Waals surface area (Å²) in [7, 11) is 0. The Morgan fingerprint density at radius 2 is 2.00 bits per heavy atom. The van der Waals surface area contributed by atoms with E-state index in [0.717, 1.165) is 25.7 Å². The monoisotopic (exact) mass is 295 g/mol. The maximum atomic E-state index is 11.7. The Balaban J connectivity index is 1.76. The van der Waals surface area contributed by atoms with Gasteiger partial charge in [0.1, 0.15) is 0 Å². The number of carbonyl (C=O) groups excluding carboxylic acids is 2. The van der Waals surface area contributed by atoms with Crippen LogP contribution in [0.1, 0.15) is 42.5 Å². The maximum Gasteiger partial charge on any atom is 0.338 e. The molecule has 0 unspecified atom stereocenters. The van der Waals surface area contributed by atoms with E-state index in [2.05, 4.69) is 5.32 Å². The fourth-order valence-corrected chi connectivity index (χ4v) is 2.54. The van der Waals surface area contributed by atoms with Gasteiger partial charge in [-0.3, -0.25) is 4.79 Å². The number of ether oxygens (including phenoxy) is 1. The van der Waals surface area contributed by atoms with E-state index in [-0.39, 0.29) is 18.6 Å². The van der Waals surface area contributed by atoms with Gasteiger partial charge in [0, 0.05) is 11.1 Å². The largest absolute Gasteiger partial charge is 0.452 e.